The summed E-state index contributed by atoms with van der Waals surface area (Å²) in [6, 6.07) is 16.1. The average Bonchev–Trinajstić information content (AvgIpc) is 3.74. The molecule has 260 valence electrons. The van der Waals surface area contributed by atoms with Gasteiger partial charge in [0, 0.05) is 97.2 Å². The van der Waals surface area contributed by atoms with Crippen LogP contribution in [0.5, 0.6) is 11.6 Å². The molecule has 10 nitrogen and oxygen atoms in total. The van der Waals surface area contributed by atoms with Crippen LogP contribution in [-0.2, 0) is 29.1 Å². The predicted octanol–water partition coefficient (Wildman–Crippen LogP) is 5.81. The lowest BCUT2D eigenvalue weighted by molar-refractivity contribution is -0.120. The number of nitrogens with zero attached hydrogens (tertiary/aromatic N) is 3. The fraction of sp³-hybridized carbons (Fsp3) is 0.368. The molecule has 2 aromatic carbocycles. The Morgan fingerprint density at radius 1 is 0.900 bits per heavy atom. The quantitative estimate of drug-likeness (QED) is 0.178. The largest absolute Gasteiger partial charge is 0.496 e. The van der Waals surface area contributed by atoms with E-state index in [1.165, 1.54) is 5.56 Å². The van der Waals surface area contributed by atoms with Crippen molar-refractivity contribution in [2.24, 2.45) is 0 Å². The number of pyridine rings is 2. The zero-order chi connectivity index (χ0) is 34.8. The molecule has 0 radical (unpaired) electrons. The Morgan fingerprint density at radius 2 is 1.66 bits per heavy atom. The number of amides is 2. The van der Waals surface area contributed by atoms with Crippen LogP contribution in [0, 0.1) is 0 Å². The van der Waals surface area contributed by atoms with E-state index in [1.54, 1.807) is 20.4 Å². The number of ether oxygens (including phenoxy) is 2. The Labute approximate surface area is 301 Å². The minimum absolute atomic E-state index is 0.101. The van der Waals surface area contributed by atoms with Crippen molar-refractivity contribution in [1.82, 2.24) is 30.8 Å². The minimum atomic E-state index is 0.101. The van der Waals surface area contributed by atoms with E-state index in [2.05, 4.69) is 26.9 Å². The van der Waals surface area contributed by atoms with E-state index in [0.717, 1.165) is 78.0 Å². The minimum Gasteiger partial charge on any atom is -0.496 e. The Bertz CT molecular complexity index is 1920. The highest BCUT2D eigenvalue weighted by molar-refractivity contribution is 6.39. The van der Waals surface area contributed by atoms with Crippen LogP contribution in [0.25, 0.3) is 33.6 Å². The molecule has 0 bridgehead atoms. The van der Waals surface area contributed by atoms with Crippen molar-refractivity contribution in [3.63, 3.8) is 0 Å². The number of carbonyl (C=O) groups excluding carboxylic acids is 2. The maximum Gasteiger partial charge on any atom is 0.220 e. The van der Waals surface area contributed by atoms with E-state index < -0.39 is 0 Å². The van der Waals surface area contributed by atoms with Crippen molar-refractivity contribution < 1.29 is 19.1 Å². The summed E-state index contributed by atoms with van der Waals surface area (Å²) < 4.78 is 11.6. The number of rotatable bonds is 11. The van der Waals surface area contributed by atoms with Gasteiger partial charge in [-0.05, 0) is 49.1 Å². The smallest absolute Gasteiger partial charge is 0.220 e. The first-order valence-electron chi connectivity index (χ1n) is 17.0. The number of fused-ring (bicyclic) bond motifs is 1. The summed E-state index contributed by atoms with van der Waals surface area (Å²) in [5, 5.41) is 10.5. The molecule has 3 aliphatic heterocycles. The number of halogens is 2. The molecule has 0 spiro atoms. The number of benzene rings is 2. The molecule has 5 heterocycles. The summed E-state index contributed by atoms with van der Waals surface area (Å²) in [7, 11) is 3.29. The van der Waals surface area contributed by atoms with Gasteiger partial charge in [0.2, 0.25) is 17.7 Å². The van der Waals surface area contributed by atoms with Gasteiger partial charge in [-0.2, -0.15) is 0 Å². The first-order chi connectivity index (χ1) is 24.3. The van der Waals surface area contributed by atoms with Gasteiger partial charge in [-0.1, -0.05) is 47.5 Å². The summed E-state index contributed by atoms with van der Waals surface area (Å²) in [5.41, 5.74) is 7.75. The van der Waals surface area contributed by atoms with Crippen LogP contribution in [0.3, 0.4) is 0 Å². The lowest BCUT2D eigenvalue weighted by atomic mass is 9.93. The molecule has 3 N–H and O–H groups in total. The number of nitrogens with one attached hydrogen (secondary N) is 3. The van der Waals surface area contributed by atoms with Crippen LogP contribution in [0.15, 0.2) is 54.7 Å². The molecule has 7 rings (SSSR count). The first kappa shape index (κ1) is 34.2. The van der Waals surface area contributed by atoms with Crippen LogP contribution in [0.4, 0.5) is 0 Å². The summed E-state index contributed by atoms with van der Waals surface area (Å²) in [4.78, 5) is 35.1. The third-order valence-corrected chi connectivity index (χ3v) is 10.6. The lowest BCUT2D eigenvalue weighted by Crippen LogP contribution is -2.41. The van der Waals surface area contributed by atoms with Crippen molar-refractivity contribution in [3.8, 4) is 45.3 Å². The van der Waals surface area contributed by atoms with Gasteiger partial charge in [-0.25, -0.2) is 4.98 Å². The zero-order valence-corrected chi connectivity index (χ0v) is 29.7. The average molecular weight is 716 g/mol. The fourth-order valence-corrected chi connectivity index (χ4v) is 7.87. The molecule has 4 aromatic rings. The topological polar surface area (TPSA) is 118 Å². The Hall–Kier alpha value is -4.22. The summed E-state index contributed by atoms with van der Waals surface area (Å²) in [5.74, 6) is 1.54. The molecule has 0 aliphatic carbocycles. The van der Waals surface area contributed by atoms with Gasteiger partial charge in [0.05, 0.1) is 35.7 Å². The molecular formula is C38H40Cl2N6O4. The standard InChI is InChI=1S/C38H40Cl2N6O4/c1-49-32-17-24(16-22-13-15-46(21-30(22)32)20-26-8-11-34(48)44-26)37-36(40)28(12-14-42-37)27-4-3-5-29(35(27)39)31-9-6-23(38(45-31)50-2)18-41-19-25-7-10-33(47)43-25/h3-6,9,12,14,16-17,25-26,41H,7-8,10-11,13,15,18-21H2,1-2H3,(H,43,47)(H,44,48)/t25-,26+/m0/s1. The number of hydrogen-bond acceptors (Lipinski definition) is 8. The van der Waals surface area contributed by atoms with Gasteiger partial charge < -0.3 is 25.4 Å². The Kier molecular flexibility index (Phi) is 10.2. The molecule has 2 amide bonds. The van der Waals surface area contributed by atoms with Gasteiger partial charge in [0.1, 0.15) is 5.75 Å². The normalized spacial score (nSPS) is 18.9. The SMILES string of the molecule is COc1cc(-c2nccc(-c3cccc(-c4ccc(CNC[C@@H]5CCC(=O)N5)c(OC)n4)c3Cl)c2Cl)cc2c1CN(C[C@H]1CCC(=O)N1)CC2. The molecule has 0 saturated carbocycles. The van der Waals surface area contributed by atoms with E-state index in [4.69, 9.17) is 42.6 Å². The molecule has 0 unspecified atom stereocenters. The molecule has 2 saturated heterocycles. The highest BCUT2D eigenvalue weighted by atomic mass is 35.5. The maximum atomic E-state index is 11.7. The molecule has 2 fully saturated rings. The predicted molar refractivity (Wildman–Crippen MR) is 194 cm³/mol. The van der Waals surface area contributed by atoms with Gasteiger partial charge in [0.15, 0.2) is 0 Å². The van der Waals surface area contributed by atoms with E-state index >= 15 is 0 Å². The summed E-state index contributed by atoms with van der Waals surface area (Å²) in [6.07, 6.45) is 5.50. The van der Waals surface area contributed by atoms with Crippen molar-refractivity contribution in [3.05, 3.63) is 81.5 Å². The maximum absolute atomic E-state index is 11.7. The van der Waals surface area contributed by atoms with E-state index in [0.29, 0.717) is 53.2 Å². The lowest BCUT2D eigenvalue weighted by Gasteiger charge is -2.32. The van der Waals surface area contributed by atoms with Crippen LogP contribution in [-0.4, -0.2) is 72.6 Å². The molecule has 2 aromatic heterocycles. The van der Waals surface area contributed by atoms with Gasteiger partial charge in [0.25, 0.3) is 0 Å². The molecule has 2 atom stereocenters. The number of aromatic nitrogens is 2. The molecular weight excluding hydrogens is 675 g/mol. The highest BCUT2D eigenvalue weighted by Gasteiger charge is 2.28. The van der Waals surface area contributed by atoms with E-state index in [9.17, 15) is 9.59 Å². The molecule has 50 heavy (non-hydrogen) atoms. The summed E-state index contributed by atoms with van der Waals surface area (Å²) in [6.45, 7) is 3.71. The second-order valence-electron chi connectivity index (χ2n) is 13.1. The van der Waals surface area contributed by atoms with E-state index in [-0.39, 0.29) is 23.9 Å². The second-order valence-corrected chi connectivity index (χ2v) is 13.8. The number of hydrogen-bond donors (Lipinski definition) is 3. The molecule has 3 aliphatic rings. The number of carbonyl (C=O) groups is 2. The zero-order valence-electron chi connectivity index (χ0n) is 28.2. The fourth-order valence-electron chi connectivity index (χ4n) is 7.22. The van der Waals surface area contributed by atoms with Crippen LogP contribution in [0.2, 0.25) is 10.0 Å². The Balaban J connectivity index is 1.13. The van der Waals surface area contributed by atoms with Crippen LogP contribution in [0.1, 0.15) is 42.4 Å². The van der Waals surface area contributed by atoms with E-state index in [1.807, 2.05) is 42.5 Å². The van der Waals surface area contributed by atoms with Crippen molar-refractivity contribution >= 4 is 35.0 Å². The van der Waals surface area contributed by atoms with Crippen LogP contribution >= 0.6 is 23.2 Å². The van der Waals surface area contributed by atoms with Crippen molar-refractivity contribution in [2.75, 3.05) is 33.9 Å². The monoisotopic (exact) mass is 714 g/mol. The van der Waals surface area contributed by atoms with Gasteiger partial charge >= 0.3 is 0 Å². The Morgan fingerprint density at radius 3 is 2.40 bits per heavy atom. The third-order valence-electron chi connectivity index (χ3n) is 9.82. The number of methoxy groups -OCH3 is 2. The summed E-state index contributed by atoms with van der Waals surface area (Å²) >= 11 is 14.3. The van der Waals surface area contributed by atoms with Crippen molar-refractivity contribution in [2.45, 2.75) is 57.3 Å². The highest BCUT2D eigenvalue weighted by Crippen LogP contribution is 2.43. The van der Waals surface area contributed by atoms with Crippen LogP contribution < -0.4 is 25.4 Å². The second kappa shape index (κ2) is 14.9. The van der Waals surface area contributed by atoms with Gasteiger partial charge in [-0.15, -0.1) is 0 Å². The van der Waals surface area contributed by atoms with Gasteiger partial charge in [-0.3, -0.25) is 19.5 Å². The first-order valence-corrected chi connectivity index (χ1v) is 17.8. The van der Waals surface area contributed by atoms with Crippen molar-refractivity contribution in [1.29, 1.82) is 0 Å². The third kappa shape index (κ3) is 7.16. The molecule has 12 heteroatoms.